The second-order valence-corrected chi connectivity index (χ2v) is 4.72. The summed E-state index contributed by atoms with van der Waals surface area (Å²) in [5.74, 6) is -0.0363. The molecule has 0 bridgehead atoms. The van der Waals surface area contributed by atoms with Crippen molar-refractivity contribution >= 4 is 11.6 Å². The number of aromatic nitrogens is 2. The Labute approximate surface area is 117 Å². The number of rotatable bonds is 2. The average molecular weight is 268 g/mol. The molecule has 1 aromatic heterocycles. The molecule has 1 saturated heterocycles. The summed E-state index contributed by atoms with van der Waals surface area (Å²) >= 11 is 0. The van der Waals surface area contributed by atoms with E-state index < -0.39 is 0 Å². The molecule has 0 saturated carbocycles. The van der Waals surface area contributed by atoms with Crippen LogP contribution in [-0.4, -0.2) is 47.2 Å². The van der Waals surface area contributed by atoms with E-state index in [4.69, 9.17) is 0 Å². The first-order valence-electron chi connectivity index (χ1n) is 6.71. The van der Waals surface area contributed by atoms with Gasteiger partial charge in [0.25, 0.3) is 5.91 Å². The van der Waals surface area contributed by atoms with Crippen molar-refractivity contribution in [3.63, 3.8) is 0 Å². The lowest BCUT2D eigenvalue weighted by Crippen LogP contribution is -2.49. The van der Waals surface area contributed by atoms with E-state index in [1.165, 1.54) is 5.69 Å². The molecule has 3 rings (SSSR count). The zero-order valence-corrected chi connectivity index (χ0v) is 11.1. The van der Waals surface area contributed by atoms with Gasteiger partial charge in [-0.25, -0.2) is 0 Å². The Balaban J connectivity index is 1.63. The number of para-hydroxylation sites is 1. The largest absolute Gasteiger partial charge is 0.368 e. The molecule has 1 aromatic carbocycles. The monoisotopic (exact) mass is 268 g/mol. The van der Waals surface area contributed by atoms with Gasteiger partial charge in [0.2, 0.25) is 0 Å². The summed E-state index contributed by atoms with van der Waals surface area (Å²) in [6.45, 7) is 3.11. The van der Waals surface area contributed by atoms with E-state index in [2.05, 4.69) is 27.2 Å². The van der Waals surface area contributed by atoms with Gasteiger partial charge in [-0.1, -0.05) is 18.2 Å². The maximum absolute atomic E-state index is 12.2. The van der Waals surface area contributed by atoms with Gasteiger partial charge in [0, 0.05) is 38.1 Å². The maximum Gasteiger partial charge on any atom is 0.274 e. The van der Waals surface area contributed by atoms with Crippen molar-refractivity contribution in [3.8, 4) is 0 Å². The lowest BCUT2D eigenvalue weighted by atomic mass is 10.2. The van der Waals surface area contributed by atoms with Crippen molar-refractivity contribution < 1.29 is 4.79 Å². The van der Waals surface area contributed by atoms with Crippen molar-refractivity contribution in [1.82, 2.24) is 15.1 Å². The molecule has 20 heavy (non-hydrogen) atoms. The van der Waals surface area contributed by atoms with Crippen LogP contribution in [0.1, 0.15) is 10.5 Å². The van der Waals surface area contributed by atoms with Crippen LogP contribution < -0.4 is 4.90 Å². The van der Waals surface area contributed by atoms with Gasteiger partial charge in [-0.3, -0.25) is 4.79 Å². The molecular weight excluding hydrogens is 252 g/mol. The van der Waals surface area contributed by atoms with E-state index in [9.17, 15) is 4.79 Å². The van der Waals surface area contributed by atoms with Gasteiger partial charge in [0.05, 0.1) is 0 Å². The van der Waals surface area contributed by atoms with Gasteiger partial charge in [-0.05, 0) is 24.3 Å². The first-order valence-corrected chi connectivity index (χ1v) is 6.71. The zero-order valence-electron chi connectivity index (χ0n) is 11.1. The molecule has 5 heteroatoms. The first kappa shape index (κ1) is 12.6. The molecular formula is C15H16N4O. The number of piperazine rings is 1. The topological polar surface area (TPSA) is 49.3 Å². The van der Waals surface area contributed by atoms with Gasteiger partial charge in [-0.2, -0.15) is 5.10 Å². The summed E-state index contributed by atoms with van der Waals surface area (Å²) in [5.41, 5.74) is 1.62. The SMILES string of the molecule is O=C(c1cccnn1)N1CCN(c2ccccc2)CC1. The Bertz CT molecular complexity index is 565. The van der Waals surface area contributed by atoms with Gasteiger partial charge >= 0.3 is 0 Å². The van der Waals surface area contributed by atoms with Crippen LogP contribution >= 0.6 is 0 Å². The number of hydrogen-bond donors (Lipinski definition) is 0. The van der Waals surface area contributed by atoms with E-state index in [-0.39, 0.29) is 5.91 Å². The van der Waals surface area contributed by atoms with E-state index in [1.54, 1.807) is 18.3 Å². The highest BCUT2D eigenvalue weighted by atomic mass is 16.2. The van der Waals surface area contributed by atoms with Crippen LogP contribution in [0.3, 0.4) is 0 Å². The Hall–Kier alpha value is -2.43. The van der Waals surface area contributed by atoms with Crippen molar-refractivity contribution in [1.29, 1.82) is 0 Å². The summed E-state index contributed by atoms with van der Waals surface area (Å²) in [5, 5.41) is 7.63. The fourth-order valence-corrected chi connectivity index (χ4v) is 2.38. The molecule has 1 aliphatic rings. The van der Waals surface area contributed by atoms with Crippen molar-refractivity contribution in [2.24, 2.45) is 0 Å². The van der Waals surface area contributed by atoms with Gasteiger partial charge < -0.3 is 9.80 Å². The molecule has 5 nitrogen and oxygen atoms in total. The third kappa shape index (κ3) is 2.61. The minimum Gasteiger partial charge on any atom is -0.368 e. The van der Waals surface area contributed by atoms with Crippen molar-refractivity contribution in [2.45, 2.75) is 0 Å². The van der Waals surface area contributed by atoms with E-state index in [1.807, 2.05) is 23.1 Å². The smallest absolute Gasteiger partial charge is 0.274 e. The standard InChI is InChI=1S/C15H16N4O/c20-15(14-7-4-8-16-17-14)19-11-9-18(10-12-19)13-5-2-1-3-6-13/h1-8H,9-12H2. The maximum atomic E-state index is 12.2. The molecule has 0 spiro atoms. The van der Waals surface area contributed by atoms with Crippen LogP contribution in [0.25, 0.3) is 0 Å². The summed E-state index contributed by atoms with van der Waals surface area (Å²) in [6, 6.07) is 13.7. The van der Waals surface area contributed by atoms with Crippen LogP contribution in [0.4, 0.5) is 5.69 Å². The second-order valence-electron chi connectivity index (χ2n) is 4.72. The Morgan fingerprint density at radius 3 is 2.35 bits per heavy atom. The zero-order chi connectivity index (χ0) is 13.8. The van der Waals surface area contributed by atoms with Crippen LogP contribution in [0.15, 0.2) is 48.7 Å². The summed E-state index contributed by atoms with van der Waals surface area (Å²) in [7, 11) is 0. The molecule has 0 radical (unpaired) electrons. The van der Waals surface area contributed by atoms with Crippen LogP contribution in [0.2, 0.25) is 0 Å². The summed E-state index contributed by atoms with van der Waals surface area (Å²) in [6.07, 6.45) is 1.57. The summed E-state index contributed by atoms with van der Waals surface area (Å²) in [4.78, 5) is 16.4. The third-order valence-electron chi connectivity index (χ3n) is 3.48. The molecule has 0 unspecified atom stereocenters. The number of amides is 1. The molecule has 102 valence electrons. The minimum absolute atomic E-state index is 0.0363. The molecule has 0 aliphatic carbocycles. The number of anilines is 1. The fourth-order valence-electron chi connectivity index (χ4n) is 2.38. The number of carbonyl (C=O) groups is 1. The van der Waals surface area contributed by atoms with Crippen LogP contribution in [0.5, 0.6) is 0 Å². The molecule has 1 fully saturated rings. The highest BCUT2D eigenvalue weighted by molar-refractivity contribution is 5.92. The molecule has 2 heterocycles. The van der Waals surface area contributed by atoms with E-state index >= 15 is 0 Å². The Kier molecular flexibility index (Phi) is 3.58. The average Bonchev–Trinajstić information content (AvgIpc) is 2.56. The molecule has 2 aromatic rings. The van der Waals surface area contributed by atoms with Crippen LogP contribution in [0, 0.1) is 0 Å². The molecule has 1 amide bonds. The quantitative estimate of drug-likeness (QED) is 0.827. The molecule has 0 atom stereocenters. The first-order chi connectivity index (χ1) is 9.84. The number of benzene rings is 1. The number of nitrogens with zero attached hydrogens (tertiary/aromatic N) is 4. The highest BCUT2D eigenvalue weighted by Crippen LogP contribution is 2.16. The Morgan fingerprint density at radius 1 is 0.950 bits per heavy atom. The number of carbonyl (C=O) groups excluding carboxylic acids is 1. The second kappa shape index (κ2) is 5.69. The third-order valence-corrected chi connectivity index (χ3v) is 3.48. The van der Waals surface area contributed by atoms with Crippen LogP contribution in [-0.2, 0) is 0 Å². The van der Waals surface area contributed by atoms with Gasteiger partial charge in [0.15, 0.2) is 5.69 Å². The van der Waals surface area contributed by atoms with Gasteiger partial charge in [-0.15, -0.1) is 5.10 Å². The lowest BCUT2D eigenvalue weighted by molar-refractivity contribution is 0.0739. The minimum atomic E-state index is -0.0363. The predicted molar refractivity (Wildman–Crippen MR) is 76.6 cm³/mol. The normalized spacial score (nSPS) is 15.2. The lowest BCUT2D eigenvalue weighted by Gasteiger charge is -2.35. The molecule has 1 aliphatic heterocycles. The van der Waals surface area contributed by atoms with Gasteiger partial charge in [0.1, 0.15) is 0 Å². The fraction of sp³-hybridized carbons (Fsp3) is 0.267. The van der Waals surface area contributed by atoms with Crippen molar-refractivity contribution in [3.05, 3.63) is 54.4 Å². The number of hydrogen-bond acceptors (Lipinski definition) is 4. The van der Waals surface area contributed by atoms with Crippen molar-refractivity contribution in [2.75, 3.05) is 31.1 Å². The van der Waals surface area contributed by atoms with E-state index in [0.717, 1.165) is 13.1 Å². The summed E-state index contributed by atoms with van der Waals surface area (Å²) < 4.78 is 0. The highest BCUT2D eigenvalue weighted by Gasteiger charge is 2.22. The molecule has 0 N–H and O–H groups in total. The predicted octanol–water partition coefficient (Wildman–Crippen LogP) is 1.44. The van der Waals surface area contributed by atoms with E-state index in [0.29, 0.717) is 18.8 Å². The Morgan fingerprint density at radius 2 is 1.70 bits per heavy atom.